The van der Waals surface area contributed by atoms with Crippen LogP contribution in [0.3, 0.4) is 0 Å². The van der Waals surface area contributed by atoms with E-state index in [2.05, 4.69) is 34.7 Å². The Morgan fingerprint density at radius 3 is 2.53 bits per heavy atom. The van der Waals surface area contributed by atoms with Crippen molar-refractivity contribution in [3.63, 3.8) is 0 Å². The summed E-state index contributed by atoms with van der Waals surface area (Å²) in [5, 5.41) is 0.929. The Morgan fingerprint density at radius 2 is 2.00 bits per heavy atom. The molecule has 0 aromatic heterocycles. The minimum absolute atomic E-state index is 0.138. The minimum Gasteiger partial charge on any atom is -0.335 e. The van der Waals surface area contributed by atoms with Gasteiger partial charge in [0.15, 0.2) is 0 Å². The number of carbonyl (C=O) groups excluding carboxylic acids is 1. The van der Waals surface area contributed by atoms with Crippen molar-refractivity contribution in [2.24, 2.45) is 5.41 Å². The van der Waals surface area contributed by atoms with Gasteiger partial charge in [0.2, 0.25) is 5.91 Å². The maximum atomic E-state index is 12.3. The van der Waals surface area contributed by atoms with E-state index >= 15 is 0 Å². The molecular weight excluding hydrogens is 254 g/mol. The van der Waals surface area contributed by atoms with Crippen LogP contribution in [0.5, 0.6) is 0 Å². The molecule has 0 N–H and O–H groups in total. The molecule has 1 atom stereocenters. The largest absolute Gasteiger partial charge is 0.335 e. The summed E-state index contributed by atoms with van der Waals surface area (Å²) in [6.07, 6.45) is 6.03. The van der Waals surface area contributed by atoms with Crippen molar-refractivity contribution in [1.29, 1.82) is 0 Å². The van der Waals surface area contributed by atoms with Crippen LogP contribution in [0.1, 0.15) is 46.0 Å². The smallest absolute Gasteiger partial charge is 0.228 e. The molecule has 0 aromatic rings. The fourth-order valence-electron chi connectivity index (χ4n) is 3.07. The highest BCUT2D eigenvalue weighted by atomic mass is 79.9. The molecule has 1 unspecified atom stereocenters. The summed E-state index contributed by atoms with van der Waals surface area (Å²) in [6.45, 7) is 4.17. The Labute approximate surface area is 101 Å². The quantitative estimate of drug-likeness (QED) is 0.709. The van der Waals surface area contributed by atoms with Crippen LogP contribution in [-0.2, 0) is 4.79 Å². The monoisotopic (exact) mass is 273 g/mol. The first kappa shape index (κ1) is 11.4. The zero-order valence-corrected chi connectivity index (χ0v) is 11.2. The van der Waals surface area contributed by atoms with Gasteiger partial charge in [-0.15, -0.1) is 0 Å². The lowest BCUT2D eigenvalue weighted by Gasteiger charge is -2.30. The van der Waals surface area contributed by atoms with Crippen LogP contribution in [0, 0.1) is 5.41 Å². The highest BCUT2D eigenvalue weighted by molar-refractivity contribution is 9.09. The Kier molecular flexibility index (Phi) is 3.11. The second kappa shape index (κ2) is 4.08. The molecule has 1 saturated carbocycles. The van der Waals surface area contributed by atoms with Gasteiger partial charge in [-0.3, -0.25) is 4.79 Å². The molecular formula is C12H20BrNO. The van der Waals surface area contributed by atoms with Crippen molar-refractivity contribution in [3.8, 4) is 0 Å². The van der Waals surface area contributed by atoms with Crippen molar-refractivity contribution in [1.82, 2.24) is 4.90 Å². The van der Waals surface area contributed by atoms with Crippen molar-refractivity contribution in [2.45, 2.75) is 58.0 Å². The maximum absolute atomic E-state index is 12.3. The summed E-state index contributed by atoms with van der Waals surface area (Å²) in [5.41, 5.74) is -0.138. The molecule has 1 aliphatic carbocycles. The number of halogens is 1. The van der Waals surface area contributed by atoms with Gasteiger partial charge in [0, 0.05) is 22.8 Å². The van der Waals surface area contributed by atoms with Crippen LogP contribution in [-0.4, -0.2) is 28.2 Å². The number of nitrogens with zero attached hydrogens (tertiary/aromatic N) is 1. The SMILES string of the molecule is CC1(C)CC(CBr)N(C2CCCC2)C1=O. The summed E-state index contributed by atoms with van der Waals surface area (Å²) < 4.78 is 0. The molecule has 2 nitrogen and oxygen atoms in total. The average molecular weight is 274 g/mol. The molecule has 0 bridgehead atoms. The molecule has 2 aliphatic rings. The average Bonchev–Trinajstić information content (AvgIpc) is 2.75. The Balaban J connectivity index is 2.17. The first-order valence-electron chi connectivity index (χ1n) is 5.95. The minimum atomic E-state index is -0.138. The maximum Gasteiger partial charge on any atom is 0.228 e. The number of amides is 1. The van der Waals surface area contributed by atoms with Gasteiger partial charge in [-0.1, -0.05) is 42.6 Å². The molecule has 1 saturated heterocycles. The second-order valence-electron chi connectivity index (χ2n) is 5.55. The summed E-state index contributed by atoms with van der Waals surface area (Å²) in [6, 6.07) is 0.956. The lowest BCUT2D eigenvalue weighted by Crippen LogP contribution is -2.42. The van der Waals surface area contributed by atoms with Gasteiger partial charge < -0.3 is 4.90 Å². The van der Waals surface area contributed by atoms with Crippen molar-refractivity contribution >= 4 is 21.8 Å². The molecule has 86 valence electrons. The van der Waals surface area contributed by atoms with Crippen LogP contribution in [0.4, 0.5) is 0 Å². The van der Waals surface area contributed by atoms with Gasteiger partial charge in [0.05, 0.1) is 0 Å². The fourth-order valence-corrected chi connectivity index (χ4v) is 3.61. The lowest BCUT2D eigenvalue weighted by atomic mass is 9.90. The number of hydrogen-bond donors (Lipinski definition) is 0. The Morgan fingerprint density at radius 1 is 1.40 bits per heavy atom. The summed E-state index contributed by atoms with van der Waals surface area (Å²) in [5.74, 6) is 0.374. The van der Waals surface area contributed by atoms with Gasteiger partial charge in [-0.05, 0) is 19.3 Å². The summed E-state index contributed by atoms with van der Waals surface area (Å²) in [4.78, 5) is 14.5. The number of likely N-dealkylation sites (tertiary alicyclic amines) is 1. The van der Waals surface area contributed by atoms with Crippen LogP contribution in [0.15, 0.2) is 0 Å². The zero-order chi connectivity index (χ0) is 11.1. The van der Waals surface area contributed by atoms with Gasteiger partial charge in [0.25, 0.3) is 0 Å². The topological polar surface area (TPSA) is 20.3 Å². The number of hydrogen-bond acceptors (Lipinski definition) is 1. The van der Waals surface area contributed by atoms with E-state index < -0.39 is 0 Å². The molecule has 2 fully saturated rings. The normalized spacial score (nSPS) is 31.5. The van der Waals surface area contributed by atoms with E-state index in [1.807, 2.05) is 0 Å². The third-order valence-electron chi connectivity index (χ3n) is 3.85. The highest BCUT2D eigenvalue weighted by Gasteiger charge is 2.47. The van der Waals surface area contributed by atoms with Gasteiger partial charge in [0.1, 0.15) is 0 Å². The van der Waals surface area contributed by atoms with E-state index in [-0.39, 0.29) is 5.41 Å². The molecule has 1 heterocycles. The molecule has 2 rings (SSSR count). The van der Waals surface area contributed by atoms with Crippen LogP contribution < -0.4 is 0 Å². The van der Waals surface area contributed by atoms with Gasteiger partial charge in [-0.2, -0.15) is 0 Å². The second-order valence-corrected chi connectivity index (χ2v) is 6.19. The number of rotatable bonds is 2. The lowest BCUT2D eigenvalue weighted by molar-refractivity contribution is -0.137. The van der Waals surface area contributed by atoms with E-state index in [0.717, 1.165) is 11.8 Å². The molecule has 3 heteroatoms. The first-order valence-corrected chi connectivity index (χ1v) is 7.07. The predicted octanol–water partition coefficient (Wildman–Crippen LogP) is 2.95. The summed E-state index contributed by atoms with van der Waals surface area (Å²) in [7, 11) is 0. The van der Waals surface area contributed by atoms with Crippen molar-refractivity contribution in [3.05, 3.63) is 0 Å². The van der Waals surface area contributed by atoms with E-state index in [0.29, 0.717) is 18.0 Å². The third kappa shape index (κ3) is 1.95. The molecule has 0 radical (unpaired) electrons. The highest BCUT2D eigenvalue weighted by Crippen LogP contribution is 2.40. The van der Waals surface area contributed by atoms with Crippen molar-refractivity contribution in [2.75, 3.05) is 5.33 Å². The van der Waals surface area contributed by atoms with Gasteiger partial charge in [-0.25, -0.2) is 0 Å². The summed E-state index contributed by atoms with van der Waals surface area (Å²) >= 11 is 3.55. The van der Waals surface area contributed by atoms with Crippen LogP contribution in [0.2, 0.25) is 0 Å². The van der Waals surface area contributed by atoms with E-state index in [4.69, 9.17) is 0 Å². The van der Waals surface area contributed by atoms with E-state index in [1.165, 1.54) is 25.7 Å². The van der Waals surface area contributed by atoms with Gasteiger partial charge >= 0.3 is 0 Å². The Hall–Kier alpha value is -0.0500. The fraction of sp³-hybridized carbons (Fsp3) is 0.917. The first-order chi connectivity index (χ1) is 7.06. The van der Waals surface area contributed by atoms with Crippen molar-refractivity contribution < 1.29 is 4.79 Å². The van der Waals surface area contributed by atoms with Crippen LogP contribution in [0.25, 0.3) is 0 Å². The standard InChI is InChI=1S/C12H20BrNO/c1-12(2)7-10(8-13)14(11(12)15)9-5-3-4-6-9/h9-10H,3-8H2,1-2H3. The molecule has 0 spiro atoms. The van der Waals surface area contributed by atoms with E-state index in [9.17, 15) is 4.79 Å². The molecule has 1 aliphatic heterocycles. The van der Waals surface area contributed by atoms with E-state index in [1.54, 1.807) is 0 Å². The number of carbonyl (C=O) groups is 1. The molecule has 0 aromatic carbocycles. The van der Waals surface area contributed by atoms with Crippen LogP contribution >= 0.6 is 15.9 Å². The molecule has 15 heavy (non-hydrogen) atoms. The zero-order valence-electron chi connectivity index (χ0n) is 9.63. The molecule has 1 amide bonds. The third-order valence-corrected chi connectivity index (χ3v) is 4.60. The number of alkyl halides is 1. The predicted molar refractivity (Wildman–Crippen MR) is 65.1 cm³/mol. The Bertz CT molecular complexity index is 258.